The van der Waals surface area contributed by atoms with E-state index in [4.69, 9.17) is 9.47 Å². The number of amides is 1. The fourth-order valence-electron chi connectivity index (χ4n) is 3.37. The number of unbranched alkanes of at least 4 members (excludes halogenated alkanes) is 3. The van der Waals surface area contributed by atoms with Gasteiger partial charge in [-0.05, 0) is 62.4 Å². The summed E-state index contributed by atoms with van der Waals surface area (Å²) in [6.45, 7) is 1.04. The van der Waals surface area contributed by atoms with Crippen molar-refractivity contribution in [3.8, 4) is 17.2 Å². The summed E-state index contributed by atoms with van der Waals surface area (Å²) >= 11 is 0. The third-order valence-electron chi connectivity index (χ3n) is 5.33. The molecule has 2 aromatic carbocycles. The molecule has 0 spiro atoms. The Morgan fingerprint density at radius 3 is 2.24 bits per heavy atom. The van der Waals surface area contributed by atoms with Gasteiger partial charge in [0.2, 0.25) is 0 Å². The lowest BCUT2D eigenvalue weighted by atomic mass is 10.0. The standard InChI is InChI=1S/C26H31NO7/c1-27(21(19-30)8-7-13-28)26(32)25-12-11-24(16-20(25)18-29)34-15-5-3-2-4-14-33-23-10-6-9-22(31)17-23/h6,9-13,16-19,21,31H,2-5,7-8,14-15H2,1H3. The van der Waals surface area contributed by atoms with Crippen molar-refractivity contribution in [3.05, 3.63) is 53.6 Å². The second-order valence-electron chi connectivity index (χ2n) is 7.84. The normalized spacial score (nSPS) is 11.3. The minimum absolute atomic E-state index is 0.166. The fraction of sp³-hybridized carbons (Fsp3) is 0.385. The van der Waals surface area contributed by atoms with Crippen LogP contribution < -0.4 is 9.47 Å². The highest BCUT2D eigenvalue weighted by Gasteiger charge is 2.22. The van der Waals surface area contributed by atoms with Gasteiger partial charge in [0, 0.05) is 25.1 Å². The van der Waals surface area contributed by atoms with Gasteiger partial charge in [-0.3, -0.25) is 9.59 Å². The lowest BCUT2D eigenvalue weighted by Crippen LogP contribution is -2.38. The number of phenols is 1. The highest BCUT2D eigenvalue weighted by Crippen LogP contribution is 2.20. The van der Waals surface area contributed by atoms with Crippen LogP contribution in [0.25, 0.3) is 0 Å². The van der Waals surface area contributed by atoms with Crippen molar-refractivity contribution in [3.63, 3.8) is 0 Å². The quantitative estimate of drug-likeness (QED) is 0.294. The van der Waals surface area contributed by atoms with Gasteiger partial charge < -0.3 is 29.1 Å². The second kappa shape index (κ2) is 14.5. The molecule has 0 aliphatic rings. The number of aldehydes is 3. The van der Waals surface area contributed by atoms with Gasteiger partial charge in [0.15, 0.2) is 6.29 Å². The summed E-state index contributed by atoms with van der Waals surface area (Å²) in [5.41, 5.74) is 0.355. The topological polar surface area (TPSA) is 110 Å². The molecule has 1 unspecified atom stereocenters. The molecule has 0 aliphatic heterocycles. The number of hydrogen-bond donors (Lipinski definition) is 1. The number of carbonyl (C=O) groups excluding carboxylic acids is 4. The zero-order valence-corrected chi connectivity index (χ0v) is 19.4. The van der Waals surface area contributed by atoms with Gasteiger partial charge in [-0.1, -0.05) is 6.07 Å². The van der Waals surface area contributed by atoms with Gasteiger partial charge in [-0.25, -0.2) is 0 Å². The van der Waals surface area contributed by atoms with Crippen molar-refractivity contribution in [2.75, 3.05) is 20.3 Å². The highest BCUT2D eigenvalue weighted by molar-refractivity contribution is 6.02. The van der Waals surface area contributed by atoms with Crippen molar-refractivity contribution in [2.24, 2.45) is 0 Å². The Bertz CT molecular complexity index is 960. The predicted molar refractivity (Wildman–Crippen MR) is 127 cm³/mol. The van der Waals surface area contributed by atoms with Crippen LogP contribution in [0.4, 0.5) is 0 Å². The van der Waals surface area contributed by atoms with Crippen LogP contribution in [0.5, 0.6) is 17.2 Å². The summed E-state index contributed by atoms with van der Waals surface area (Å²) in [5, 5.41) is 9.41. The number of carbonyl (C=O) groups is 4. The molecule has 8 heteroatoms. The third-order valence-corrected chi connectivity index (χ3v) is 5.33. The molecular weight excluding hydrogens is 438 g/mol. The van der Waals surface area contributed by atoms with Crippen LogP contribution in [0.15, 0.2) is 42.5 Å². The molecule has 8 nitrogen and oxygen atoms in total. The van der Waals surface area contributed by atoms with E-state index in [1.807, 2.05) is 0 Å². The smallest absolute Gasteiger partial charge is 0.254 e. The summed E-state index contributed by atoms with van der Waals surface area (Å²) in [6.07, 6.45) is 5.91. The van der Waals surface area contributed by atoms with E-state index < -0.39 is 11.9 Å². The number of aromatic hydroxyl groups is 1. The van der Waals surface area contributed by atoms with E-state index in [9.17, 15) is 24.3 Å². The predicted octanol–water partition coefficient (Wildman–Crippen LogP) is 3.84. The fourth-order valence-corrected chi connectivity index (χ4v) is 3.37. The van der Waals surface area contributed by atoms with Gasteiger partial charge in [0.05, 0.1) is 24.8 Å². The summed E-state index contributed by atoms with van der Waals surface area (Å²) in [7, 11) is 1.47. The zero-order valence-electron chi connectivity index (χ0n) is 19.4. The number of phenolic OH excluding ortho intramolecular Hbond substituents is 1. The van der Waals surface area contributed by atoms with Crippen molar-refractivity contribution in [2.45, 2.75) is 44.6 Å². The highest BCUT2D eigenvalue weighted by atomic mass is 16.5. The molecule has 1 atom stereocenters. The molecule has 0 saturated heterocycles. The summed E-state index contributed by atoms with van der Waals surface area (Å²) in [4.78, 5) is 47.4. The first kappa shape index (κ1) is 26.6. The van der Waals surface area contributed by atoms with Crippen LogP contribution in [0.2, 0.25) is 0 Å². The molecule has 0 bridgehead atoms. The third kappa shape index (κ3) is 8.35. The Morgan fingerprint density at radius 2 is 1.65 bits per heavy atom. The lowest BCUT2D eigenvalue weighted by molar-refractivity contribution is -0.112. The summed E-state index contributed by atoms with van der Waals surface area (Å²) in [6, 6.07) is 10.6. The van der Waals surface area contributed by atoms with Crippen LogP contribution in [-0.2, 0) is 9.59 Å². The van der Waals surface area contributed by atoms with E-state index >= 15 is 0 Å². The molecule has 0 saturated carbocycles. The molecule has 182 valence electrons. The molecule has 0 heterocycles. The first-order valence-corrected chi connectivity index (χ1v) is 11.3. The number of likely N-dealkylation sites (N-methyl/N-ethyl adjacent to an activating group) is 1. The van der Waals surface area contributed by atoms with Gasteiger partial charge in [0.1, 0.15) is 29.8 Å². The first-order valence-electron chi connectivity index (χ1n) is 11.3. The zero-order chi connectivity index (χ0) is 24.8. The second-order valence-corrected chi connectivity index (χ2v) is 7.84. The van der Waals surface area contributed by atoms with Crippen molar-refractivity contribution >= 4 is 24.8 Å². The van der Waals surface area contributed by atoms with Crippen LogP contribution in [0, 0.1) is 0 Å². The molecule has 2 aromatic rings. The van der Waals surface area contributed by atoms with Gasteiger partial charge in [-0.15, -0.1) is 0 Å². The molecule has 1 amide bonds. The molecular formula is C26H31NO7. The Kier molecular flexibility index (Phi) is 11.3. The number of benzene rings is 2. The molecule has 0 aliphatic carbocycles. The van der Waals surface area contributed by atoms with Crippen LogP contribution >= 0.6 is 0 Å². The van der Waals surface area contributed by atoms with Crippen molar-refractivity contribution in [1.29, 1.82) is 0 Å². The summed E-state index contributed by atoms with van der Waals surface area (Å²) in [5.74, 6) is 0.840. The monoisotopic (exact) mass is 469 g/mol. The number of hydrogen-bond acceptors (Lipinski definition) is 7. The maximum Gasteiger partial charge on any atom is 0.254 e. The molecule has 2 rings (SSSR count). The molecule has 1 N–H and O–H groups in total. The molecule has 0 radical (unpaired) electrons. The Balaban J connectivity index is 1.76. The first-order chi connectivity index (χ1) is 16.5. The van der Waals surface area contributed by atoms with E-state index in [0.717, 1.165) is 25.7 Å². The van der Waals surface area contributed by atoms with E-state index in [2.05, 4.69) is 0 Å². The maximum absolute atomic E-state index is 12.7. The average Bonchev–Trinajstić information content (AvgIpc) is 2.85. The molecule has 0 aromatic heterocycles. The van der Waals surface area contributed by atoms with Crippen molar-refractivity contribution in [1.82, 2.24) is 4.90 Å². The Morgan fingerprint density at radius 1 is 0.971 bits per heavy atom. The van der Waals surface area contributed by atoms with Crippen molar-refractivity contribution < 1.29 is 33.8 Å². The number of rotatable bonds is 16. The van der Waals surface area contributed by atoms with Crippen LogP contribution in [-0.4, -0.2) is 61.1 Å². The lowest BCUT2D eigenvalue weighted by Gasteiger charge is -2.24. The van der Waals surface area contributed by atoms with Gasteiger partial charge in [-0.2, -0.15) is 0 Å². The van der Waals surface area contributed by atoms with E-state index in [0.29, 0.717) is 43.6 Å². The van der Waals surface area contributed by atoms with Gasteiger partial charge in [0.25, 0.3) is 5.91 Å². The van der Waals surface area contributed by atoms with Crippen LogP contribution in [0.3, 0.4) is 0 Å². The minimum atomic E-state index is -0.738. The largest absolute Gasteiger partial charge is 0.508 e. The minimum Gasteiger partial charge on any atom is -0.508 e. The average molecular weight is 470 g/mol. The Labute approximate surface area is 199 Å². The van der Waals surface area contributed by atoms with Crippen LogP contribution in [0.1, 0.15) is 59.2 Å². The maximum atomic E-state index is 12.7. The number of ether oxygens (including phenoxy) is 2. The summed E-state index contributed by atoms with van der Waals surface area (Å²) < 4.78 is 11.3. The molecule has 34 heavy (non-hydrogen) atoms. The van der Waals surface area contributed by atoms with E-state index in [1.165, 1.54) is 24.1 Å². The Hall–Kier alpha value is -3.68. The van der Waals surface area contributed by atoms with Gasteiger partial charge >= 0.3 is 0 Å². The van der Waals surface area contributed by atoms with E-state index in [-0.39, 0.29) is 29.7 Å². The SMILES string of the molecule is CN(C(=O)c1ccc(OCCCCCCOc2cccc(O)c2)cc1C=O)C(C=O)CCC=O. The molecule has 0 fully saturated rings. The van der Waals surface area contributed by atoms with E-state index in [1.54, 1.807) is 30.3 Å². The number of nitrogens with zero attached hydrogens (tertiary/aromatic N) is 1.